The third-order valence-electron chi connectivity index (χ3n) is 1.73. The van der Waals surface area contributed by atoms with E-state index in [0.717, 1.165) is 10.2 Å². The Morgan fingerprint density at radius 3 is 2.80 bits per heavy atom. The van der Waals surface area contributed by atoms with Gasteiger partial charge in [-0.25, -0.2) is 4.98 Å². The molecule has 0 spiro atoms. The summed E-state index contributed by atoms with van der Waals surface area (Å²) in [6, 6.07) is 2.07. The number of thioether (sulfide) groups is 1. The number of hydrogen-bond donors (Lipinski definition) is 0. The number of rotatable bonds is 5. The van der Waals surface area contributed by atoms with E-state index < -0.39 is 0 Å². The Kier molecular flexibility index (Phi) is 5.47. The molecule has 0 aromatic carbocycles. The Morgan fingerprint density at radius 2 is 2.27 bits per heavy atom. The van der Waals surface area contributed by atoms with E-state index in [9.17, 15) is 0 Å². The van der Waals surface area contributed by atoms with Crippen molar-refractivity contribution in [1.82, 2.24) is 4.98 Å². The largest absolute Gasteiger partial charge is 0.477 e. The fourth-order valence-electron chi connectivity index (χ4n) is 1.06. The normalized spacial score (nSPS) is 10.7. The topological polar surface area (TPSA) is 22.1 Å². The first kappa shape index (κ1) is 12.8. The highest BCUT2D eigenvalue weighted by molar-refractivity contribution is 9.10. The van der Waals surface area contributed by atoms with E-state index in [4.69, 9.17) is 4.74 Å². The summed E-state index contributed by atoms with van der Waals surface area (Å²) in [7, 11) is 0. The van der Waals surface area contributed by atoms with Gasteiger partial charge < -0.3 is 4.74 Å². The molecule has 1 heterocycles. The molecule has 0 saturated heterocycles. The van der Waals surface area contributed by atoms with Gasteiger partial charge in [0.1, 0.15) is 0 Å². The molecule has 0 bridgehead atoms. The van der Waals surface area contributed by atoms with Crippen LogP contribution in [0, 0.1) is 5.92 Å². The molecule has 15 heavy (non-hydrogen) atoms. The van der Waals surface area contributed by atoms with Crippen LogP contribution in [0.15, 0.2) is 16.7 Å². The van der Waals surface area contributed by atoms with Gasteiger partial charge in [-0.3, -0.25) is 0 Å². The molecule has 0 aliphatic heterocycles. The molecular formula is C11H16BrNOS. The highest BCUT2D eigenvalue weighted by Gasteiger charge is 2.05. The molecule has 1 rings (SSSR count). The van der Waals surface area contributed by atoms with E-state index in [-0.39, 0.29) is 0 Å². The summed E-state index contributed by atoms with van der Waals surface area (Å²) in [5.74, 6) is 2.19. The number of aromatic nitrogens is 1. The Bertz CT molecular complexity index is 317. The van der Waals surface area contributed by atoms with E-state index in [1.54, 1.807) is 11.8 Å². The molecule has 1 aromatic heterocycles. The second-order valence-electron chi connectivity index (χ2n) is 3.77. The van der Waals surface area contributed by atoms with Gasteiger partial charge in [0, 0.05) is 11.9 Å². The standard InChI is InChI=1S/C11H16BrNOS/c1-8(2)6-14-11-10(12)4-9(5-13-11)7-15-3/h4-5,8H,6-7H2,1-3H3. The molecule has 1 aromatic rings. The van der Waals surface area contributed by atoms with E-state index in [2.05, 4.69) is 47.1 Å². The van der Waals surface area contributed by atoms with Crippen LogP contribution in [0.5, 0.6) is 5.88 Å². The Hall–Kier alpha value is -0.220. The average molecular weight is 290 g/mol. The lowest BCUT2D eigenvalue weighted by molar-refractivity contribution is 0.259. The van der Waals surface area contributed by atoms with Gasteiger partial charge in [0.2, 0.25) is 5.88 Å². The fourth-order valence-corrected chi connectivity index (χ4v) is 2.06. The van der Waals surface area contributed by atoms with Gasteiger partial charge in [0.15, 0.2) is 0 Å². The summed E-state index contributed by atoms with van der Waals surface area (Å²) >= 11 is 5.26. The molecule has 0 aliphatic carbocycles. The zero-order valence-corrected chi connectivity index (χ0v) is 11.7. The van der Waals surface area contributed by atoms with Gasteiger partial charge in [-0.15, -0.1) is 0 Å². The van der Waals surface area contributed by atoms with E-state index in [1.165, 1.54) is 5.56 Å². The smallest absolute Gasteiger partial charge is 0.227 e. The maximum atomic E-state index is 5.57. The molecule has 0 fully saturated rings. The minimum Gasteiger partial charge on any atom is -0.477 e. The molecule has 4 heteroatoms. The van der Waals surface area contributed by atoms with Crippen molar-refractivity contribution in [3.8, 4) is 5.88 Å². The van der Waals surface area contributed by atoms with Crippen LogP contribution in [-0.2, 0) is 5.75 Å². The van der Waals surface area contributed by atoms with E-state index >= 15 is 0 Å². The predicted octanol–water partition coefficient (Wildman–Crippen LogP) is 3.74. The highest BCUT2D eigenvalue weighted by Crippen LogP contribution is 2.24. The maximum Gasteiger partial charge on any atom is 0.227 e. The Labute approximate surface area is 104 Å². The van der Waals surface area contributed by atoms with Crippen molar-refractivity contribution in [1.29, 1.82) is 0 Å². The number of hydrogen-bond acceptors (Lipinski definition) is 3. The van der Waals surface area contributed by atoms with Crippen molar-refractivity contribution in [3.05, 3.63) is 22.3 Å². The molecule has 84 valence electrons. The van der Waals surface area contributed by atoms with E-state index in [0.29, 0.717) is 18.4 Å². The Balaban J connectivity index is 2.66. The van der Waals surface area contributed by atoms with Gasteiger partial charge in [0.05, 0.1) is 11.1 Å². The number of nitrogens with zero attached hydrogens (tertiary/aromatic N) is 1. The lowest BCUT2D eigenvalue weighted by Gasteiger charge is -2.09. The first-order chi connectivity index (χ1) is 7.13. The van der Waals surface area contributed by atoms with Crippen LogP contribution in [0.1, 0.15) is 19.4 Å². The number of pyridine rings is 1. The first-order valence-corrected chi connectivity index (χ1v) is 7.08. The third-order valence-corrected chi connectivity index (χ3v) is 2.92. The molecule has 0 radical (unpaired) electrons. The monoisotopic (exact) mass is 289 g/mol. The molecule has 0 N–H and O–H groups in total. The second-order valence-corrected chi connectivity index (χ2v) is 5.49. The first-order valence-electron chi connectivity index (χ1n) is 4.89. The average Bonchev–Trinajstić information content (AvgIpc) is 2.17. The molecule has 0 amide bonds. The summed E-state index contributed by atoms with van der Waals surface area (Å²) in [6.07, 6.45) is 3.95. The van der Waals surface area contributed by atoms with Crippen molar-refractivity contribution < 1.29 is 4.74 Å². The van der Waals surface area contributed by atoms with Gasteiger partial charge in [-0.2, -0.15) is 11.8 Å². The van der Waals surface area contributed by atoms with E-state index in [1.807, 2.05) is 6.20 Å². The van der Waals surface area contributed by atoms with Crippen molar-refractivity contribution >= 4 is 27.7 Å². The molecule has 0 aliphatic rings. The molecular weight excluding hydrogens is 274 g/mol. The zero-order chi connectivity index (χ0) is 11.3. The van der Waals surface area contributed by atoms with Gasteiger partial charge >= 0.3 is 0 Å². The van der Waals surface area contributed by atoms with Gasteiger partial charge in [0.25, 0.3) is 0 Å². The third kappa shape index (κ3) is 4.43. The van der Waals surface area contributed by atoms with Crippen LogP contribution in [-0.4, -0.2) is 17.8 Å². The second kappa shape index (κ2) is 6.38. The van der Waals surface area contributed by atoms with Gasteiger partial charge in [-0.05, 0) is 39.7 Å². The van der Waals surface area contributed by atoms with Gasteiger partial charge in [-0.1, -0.05) is 13.8 Å². The van der Waals surface area contributed by atoms with Crippen LogP contribution in [0.3, 0.4) is 0 Å². The summed E-state index contributed by atoms with van der Waals surface area (Å²) in [5, 5.41) is 0. The minimum atomic E-state index is 0.518. The summed E-state index contributed by atoms with van der Waals surface area (Å²) in [6.45, 7) is 4.94. The quantitative estimate of drug-likeness (QED) is 0.824. The number of ether oxygens (including phenoxy) is 1. The summed E-state index contributed by atoms with van der Waals surface area (Å²) in [5.41, 5.74) is 1.21. The molecule has 0 atom stereocenters. The zero-order valence-electron chi connectivity index (χ0n) is 9.29. The summed E-state index contributed by atoms with van der Waals surface area (Å²) < 4.78 is 6.51. The van der Waals surface area contributed by atoms with Crippen molar-refractivity contribution in [3.63, 3.8) is 0 Å². The maximum absolute atomic E-state index is 5.57. The van der Waals surface area contributed by atoms with Crippen molar-refractivity contribution in [2.45, 2.75) is 19.6 Å². The lowest BCUT2D eigenvalue weighted by atomic mass is 10.2. The SMILES string of the molecule is CSCc1cnc(OCC(C)C)c(Br)c1. The number of halogens is 1. The molecule has 0 saturated carbocycles. The van der Waals surface area contributed by atoms with Crippen LogP contribution < -0.4 is 4.74 Å². The van der Waals surface area contributed by atoms with Crippen molar-refractivity contribution in [2.24, 2.45) is 5.92 Å². The van der Waals surface area contributed by atoms with Crippen molar-refractivity contribution in [2.75, 3.05) is 12.9 Å². The molecule has 0 unspecified atom stereocenters. The summed E-state index contributed by atoms with van der Waals surface area (Å²) in [4.78, 5) is 4.29. The van der Waals surface area contributed by atoms with Crippen LogP contribution in [0.4, 0.5) is 0 Å². The van der Waals surface area contributed by atoms with Crippen LogP contribution >= 0.6 is 27.7 Å². The van der Waals surface area contributed by atoms with Crippen LogP contribution in [0.2, 0.25) is 0 Å². The Morgan fingerprint density at radius 1 is 1.53 bits per heavy atom. The lowest BCUT2D eigenvalue weighted by Crippen LogP contribution is -2.06. The molecule has 2 nitrogen and oxygen atoms in total. The minimum absolute atomic E-state index is 0.518. The van der Waals surface area contributed by atoms with Crippen LogP contribution in [0.25, 0.3) is 0 Å². The fraction of sp³-hybridized carbons (Fsp3) is 0.545. The predicted molar refractivity (Wildman–Crippen MR) is 69.5 cm³/mol. The highest BCUT2D eigenvalue weighted by atomic mass is 79.9.